The van der Waals surface area contributed by atoms with Gasteiger partial charge in [-0.1, -0.05) is 41.9 Å². The molecule has 0 radical (unpaired) electrons. The number of ether oxygens (including phenoxy) is 1. The third kappa shape index (κ3) is 3.59. The van der Waals surface area contributed by atoms with E-state index in [0.29, 0.717) is 12.0 Å². The Labute approximate surface area is 153 Å². The van der Waals surface area contributed by atoms with Crippen molar-refractivity contribution in [2.24, 2.45) is 4.99 Å². The van der Waals surface area contributed by atoms with Crippen LogP contribution in [0.3, 0.4) is 0 Å². The molecule has 1 heterocycles. The minimum Gasteiger partial charge on any atom is -0.493 e. The number of rotatable bonds is 3. The summed E-state index contributed by atoms with van der Waals surface area (Å²) in [6, 6.07) is 16.9. The zero-order valence-electron chi connectivity index (χ0n) is 14.2. The Balaban J connectivity index is 1.40. The maximum Gasteiger partial charge on any atom is 0.191 e. The Morgan fingerprint density at radius 1 is 1.16 bits per heavy atom. The third-order valence-electron chi connectivity index (χ3n) is 4.88. The van der Waals surface area contributed by atoms with Gasteiger partial charge in [0.05, 0.1) is 12.6 Å². The van der Waals surface area contributed by atoms with Gasteiger partial charge in [0.2, 0.25) is 0 Å². The molecule has 0 bridgehead atoms. The molecule has 0 spiro atoms. The Morgan fingerprint density at radius 2 is 2.04 bits per heavy atom. The van der Waals surface area contributed by atoms with E-state index in [2.05, 4.69) is 39.9 Å². The fraction of sp³-hybridized carbons (Fsp3) is 0.350. The quantitative estimate of drug-likeness (QED) is 0.648. The first-order chi connectivity index (χ1) is 12.2. The van der Waals surface area contributed by atoms with Crippen LogP contribution in [-0.4, -0.2) is 25.7 Å². The maximum absolute atomic E-state index is 6.11. The van der Waals surface area contributed by atoms with Gasteiger partial charge in [0.1, 0.15) is 5.75 Å². The van der Waals surface area contributed by atoms with Crippen LogP contribution >= 0.6 is 11.6 Å². The highest BCUT2D eigenvalue weighted by molar-refractivity contribution is 6.30. The van der Waals surface area contributed by atoms with Crippen molar-refractivity contribution in [2.75, 3.05) is 13.7 Å². The highest BCUT2D eigenvalue weighted by atomic mass is 35.5. The predicted octanol–water partition coefficient (Wildman–Crippen LogP) is 3.88. The van der Waals surface area contributed by atoms with E-state index >= 15 is 0 Å². The van der Waals surface area contributed by atoms with Crippen molar-refractivity contribution < 1.29 is 4.74 Å². The third-order valence-corrected chi connectivity index (χ3v) is 5.12. The second kappa shape index (κ2) is 6.96. The number of guanidine groups is 1. The summed E-state index contributed by atoms with van der Waals surface area (Å²) in [5, 5.41) is 7.89. The number of aliphatic imine (C=N–C) groups is 1. The SMILES string of the molecule is CN=C(NC1CCOc2ccccc21)NC1CC1c1cccc(Cl)c1. The van der Waals surface area contributed by atoms with Crippen LogP contribution in [-0.2, 0) is 0 Å². The second-order valence-electron chi connectivity index (χ2n) is 6.59. The number of fused-ring (bicyclic) bond motifs is 1. The van der Waals surface area contributed by atoms with Crippen LogP contribution in [0.4, 0.5) is 0 Å². The zero-order chi connectivity index (χ0) is 17.2. The molecule has 5 heteroatoms. The summed E-state index contributed by atoms with van der Waals surface area (Å²) in [5.74, 6) is 2.31. The number of nitrogens with one attached hydrogen (secondary N) is 2. The normalized spacial score (nSPS) is 24.9. The van der Waals surface area contributed by atoms with E-state index < -0.39 is 0 Å². The largest absolute Gasteiger partial charge is 0.493 e. The smallest absolute Gasteiger partial charge is 0.191 e. The lowest BCUT2D eigenvalue weighted by atomic mass is 10.0. The molecule has 0 aromatic heterocycles. The standard InChI is InChI=1S/C20H22ClN3O/c1-22-20(23-17-9-10-25-19-8-3-2-7-15(17)19)24-18-12-16(18)13-5-4-6-14(21)11-13/h2-8,11,16-18H,9-10,12H2,1H3,(H2,22,23,24). The van der Waals surface area contributed by atoms with E-state index in [1.54, 1.807) is 0 Å². The molecule has 2 aromatic rings. The van der Waals surface area contributed by atoms with Gasteiger partial charge in [-0.2, -0.15) is 0 Å². The van der Waals surface area contributed by atoms with Gasteiger partial charge in [-0.05, 0) is 30.2 Å². The minimum atomic E-state index is 0.222. The summed E-state index contributed by atoms with van der Waals surface area (Å²) in [6.45, 7) is 0.722. The molecule has 1 saturated carbocycles. The summed E-state index contributed by atoms with van der Waals surface area (Å²) in [4.78, 5) is 4.41. The van der Waals surface area contributed by atoms with Crippen LogP contribution in [0.2, 0.25) is 5.02 Å². The Morgan fingerprint density at radius 3 is 2.88 bits per heavy atom. The van der Waals surface area contributed by atoms with Crippen molar-refractivity contribution in [1.29, 1.82) is 0 Å². The molecule has 1 aliphatic heterocycles. The molecular formula is C20H22ClN3O. The summed E-state index contributed by atoms with van der Waals surface area (Å²) in [6.07, 6.45) is 2.03. The summed E-state index contributed by atoms with van der Waals surface area (Å²) in [7, 11) is 1.82. The summed E-state index contributed by atoms with van der Waals surface area (Å²) in [5.41, 5.74) is 2.48. The van der Waals surface area contributed by atoms with E-state index in [4.69, 9.17) is 16.3 Å². The molecule has 2 aliphatic rings. The average molecular weight is 356 g/mol. The highest BCUT2D eigenvalue weighted by Gasteiger charge is 2.39. The number of hydrogen-bond donors (Lipinski definition) is 2. The van der Waals surface area contributed by atoms with Crippen molar-refractivity contribution in [3.8, 4) is 5.75 Å². The van der Waals surface area contributed by atoms with Gasteiger partial charge in [-0.25, -0.2) is 0 Å². The average Bonchev–Trinajstić information content (AvgIpc) is 3.41. The van der Waals surface area contributed by atoms with Gasteiger partial charge in [0.15, 0.2) is 5.96 Å². The molecule has 4 rings (SSSR count). The molecular weight excluding hydrogens is 334 g/mol. The fourth-order valence-corrected chi connectivity index (χ4v) is 3.66. The molecule has 2 aromatic carbocycles. The van der Waals surface area contributed by atoms with Crippen LogP contribution in [0.15, 0.2) is 53.5 Å². The molecule has 2 N–H and O–H groups in total. The second-order valence-corrected chi connectivity index (χ2v) is 7.03. The van der Waals surface area contributed by atoms with Crippen LogP contribution in [0.5, 0.6) is 5.75 Å². The van der Waals surface area contributed by atoms with Gasteiger partial charge < -0.3 is 15.4 Å². The van der Waals surface area contributed by atoms with E-state index in [1.807, 2.05) is 31.3 Å². The first-order valence-electron chi connectivity index (χ1n) is 8.71. The lowest BCUT2D eigenvalue weighted by Gasteiger charge is -2.28. The minimum absolute atomic E-state index is 0.222. The van der Waals surface area contributed by atoms with Crippen LogP contribution in [0, 0.1) is 0 Å². The van der Waals surface area contributed by atoms with E-state index in [9.17, 15) is 0 Å². The van der Waals surface area contributed by atoms with Gasteiger partial charge in [0, 0.05) is 36.0 Å². The van der Waals surface area contributed by atoms with Crippen molar-refractivity contribution in [3.05, 3.63) is 64.7 Å². The fourth-order valence-electron chi connectivity index (χ4n) is 3.46. The molecule has 0 saturated heterocycles. The van der Waals surface area contributed by atoms with Gasteiger partial charge in [-0.3, -0.25) is 4.99 Å². The van der Waals surface area contributed by atoms with E-state index in [0.717, 1.165) is 36.2 Å². The van der Waals surface area contributed by atoms with Crippen LogP contribution < -0.4 is 15.4 Å². The first-order valence-corrected chi connectivity index (χ1v) is 9.09. The van der Waals surface area contributed by atoms with Gasteiger partial charge in [-0.15, -0.1) is 0 Å². The number of halogens is 1. The maximum atomic E-state index is 6.11. The first kappa shape index (κ1) is 16.3. The van der Waals surface area contributed by atoms with Crippen molar-refractivity contribution in [2.45, 2.75) is 30.8 Å². The lowest BCUT2D eigenvalue weighted by Crippen LogP contribution is -2.42. The van der Waals surface area contributed by atoms with Gasteiger partial charge >= 0.3 is 0 Å². The Bertz CT molecular complexity index is 792. The lowest BCUT2D eigenvalue weighted by molar-refractivity contribution is 0.261. The van der Waals surface area contributed by atoms with Crippen molar-refractivity contribution in [1.82, 2.24) is 10.6 Å². The number of hydrogen-bond acceptors (Lipinski definition) is 2. The molecule has 3 atom stereocenters. The molecule has 1 fully saturated rings. The number of para-hydroxylation sites is 1. The van der Waals surface area contributed by atoms with Gasteiger partial charge in [0.25, 0.3) is 0 Å². The van der Waals surface area contributed by atoms with Crippen LogP contribution in [0.1, 0.15) is 35.9 Å². The van der Waals surface area contributed by atoms with Crippen LogP contribution in [0.25, 0.3) is 0 Å². The van der Waals surface area contributed by atoms with Crippen molar-refractivity contribution >= 4 is 17.6 Å². The monoisotopic (exact) mass is 355 g/mol. The molecule has 4 nitrogen and oxygen atoms in total. The zero-order valence-corrected chi connectivity index (χ0v) is 15.0. The Hall–Kier alpha value is -2.20. The molecule has 130 valence electrons. The summed E-state index contributed by atoms with van der Waals surface area (Å²) < 4.78 is 5.74. The number of nitrogens with zero attached hydrogens (tertiary/aromatic N) is 1. The topological polar surface area (TPSA) is 45.7 Å². The van der Waals surface area contributed by atoms with Crippen molar-refractivity contribution in [3.63, 3.8) is 0 Å². The predicted molar refractivity (Wildman–Crippen MR) is 102 cm³/mol. The highest BCUT2D eigenvalue weighted by Crippen LogP contribution is 2.41. The molecule has 25 heavy (non-hydrogen) atoms. The number of benzene rings is 2. The molecule has 1 aliphatic carbocycles. The molecule has 3 unspecified atom stereocenters. The van der Waals surface area contributed by atoms with E-state index in [1.165, 1.54) is 11.1 Å². The molecule has 0 amide bonds. The summed E-state index contributed by atoms with van der Waals surface area (Å²) >= 11 is 6.11. The van der Waals surface area contributed by atoms with E-state index in [-0.39, 0.29) is 6.04 Å². The Kier molecular flexibility index (Phi) is 4.53.